The molecule has 49 heavy (non-hydrogen) atoms. The molecule has 3 amide bonds. The number of urea groups is 1. The van der Waals surface area contributed by atoms with E-state index in [1.54, 1.807) is 25.6 Å². The first kappa shape index (κ1) is 35.9. The van der Waals surface area contributed by atoms with Crippen LogP contribution < -0.4 is 0 Å². The van der Waals surface area contributed by atoms with E-state index in [-0.39, 0.29) is 24.1 Å². The molecule has 10 heteroatoms. The molecule has 0 spiro atoms. The van der Waals surface area contributed by atoms with Crippen LogP contribution >= 0.6 is 11.3 Å². The monoisotopic (exact) mass is 691 g/mol. The maximum Gasteiger partial charge on any atom is 0.320 e. The van der Waals surface area contributed by atoms with Crippen molar-refractivity contribution >= 4 is 33.5 Å². The van der Waals surface area contributed by atoms with Gasteiger partial charge < -0.3 is 34.1 Å². The van der Waals surface area contributed by atoms with Gasteiger partial charge >= 0.3 is 6.03 Å². The highest BCUT2D eigenvalue weighted by Crippen LogP contribution is 2.46. The number of hydrogen-bond acceptors (Lipinski definition) is 6. The van der Waals surface area contributed by atoms with Gasteiger partial charge in [0.05, 0.1) is 23.3 Å². The highest BCUT2D eigenvalue weighted by Gasteiger charge is 2.47. The average molecular weight is 692 g/mol. The van der Waals surface area contributed by atoms with Gasteiger partial charge in [-0.1, -0.05) is 17.2 Å². The second-order valence-corrected chi connectivity index (χ2v) is 16.3. The fourth-order valence-corrected chi connectivity index (χ4v) is 9.65. The minimum absolute atomic E-state index is 0.114. The summed E-state index contributed by atoms with van der Waals surface area (Å²) in [6.45, 7) is 14.7. The molecule has 3 fully saturated rings. The molecule has 3 aliphatic heterocycles. The molecule has 268 valence electrons. The first-order chi connectivity index (χ1) is 23.4. The zero-order valence-electron chi connectivity index (χ0n) is 30.9. The van der Waals surface area contributed by atoms with Crippen molar-refractivity contribution in [3.63, 3.8) is 0 Å². The lowest BCUT2D eigenvalue weighted by atomic mass is 9.88. The third-order valence-corrected chi connectivity index (χ3v) is 12.8. The third-order valence-electron chi connectivity index (χ3n) is 11.4. The minimum Gasteiger partial charge on any atom is -0.381 e. The number of nitrogens with one attached hydrogen (secondary N) is 1. The summed E-state index contributed by atoms with van der Waals surface area (Å²) in [6, 6.07) is 9.86. The van der Waals surface area contributed by atoms with E-state index in [1.807, 2.05) is 9.80 Å². The van der Waals surface area contributed by atoms with Gasteiger partial charge in [0.1, 0.15) is 4.83 Å². The topological polar surface area (TPSA) is 81.3 Å². The summed E-state index contributed by atoms with van der Waals surface area (Å²) in [7, 11) is 5.66. The van der Waals surface area contributed by atoms with Crippen molar-refractivity contribution in [3.8, 4) is 11.3 Å². The lowest BCUT2D eigenvalue weighted by Gasteiger charge is -2.35. The number of hydrogen-bond donors (Lipinski definition) is 1. The highest BCUT2D eigenvalue weighted by molar-refractivity contribution is 7.19. The Morgan fingerprint density at radius 2 is 1.61 bits per heavy atom. The predicted molar refractivity (Wildman–Crippen MR) is 198 cm³/mol. The smallest absolute Gasteiger partial charge is 0.320 e. The van der Waals surface area contributed by atoms with E-state index in [4.69, 9.17) is 9.47 Å². The van der Waals surface area contributed by atoms with Gasteiger partial charge in [-0.3, -0.25) is 4.79 Å². The molecule has 9 nitrogen and oxygen atoms in total. The zero-order valence-corrected chi connectivity index (χ0v) is 31.8. The van der Waals surface area contributed by atoms with Crippen molar-refractivity contribution in [1.29, 1.82) is 0 Å². The normalized spacial score (nSPS) is 20.6. The molecule has 1 unspecified atom stereocenters. The van der Waals surface area contributed by atoms with Crippen molar-refractivity contribution in [2.75, 3.05) is 60.5 Å². The number of amides is 3. The molecule has 0 aliphatic carbocycles. The summed E-state index contributed by atoms with van der Waals surface area (Å²) >= 11 is 1.71. The van der Waals surface area contributed by atoms with E-state index in [1.165, 1.54) is 11.1 Å². The van der Waals surface area contributed by atoms with Gasteiger partial charge in [0.25, 0.3) is 0 Å². The predicted octanol–water partition coefficient (Wildman–Crippen LogP) is 7.12. The average Bonchev–Trinajstić information content (AvgIpc) is 3.87. The van der Waals surface area contributed by atoms with Crippen molar-refractivity contribution in [2.24, 2.45) is 0 Å². The van der Waals surface area contributed by atoms with E-state index in [0.29, 0.717) is 31.7 Å². The number of aromatic amines is 1. The quantitative estimate of drug-likeness (QED) is 0.219. The second-order valence-electron chi connectivity index (χ2n) is 15.2. The van der Waals surface area contributed by atoms with Crippen LogP contribution in [0.4, 0.5) is 4.79 Å². The molecule has 0 radical (unpaired) electrons. The Hall–Kier alpha value is -2.92. The molecule has 6 rings (SSSR count). The number of rotatable bonds is 12. The van der Waals surface area contributed by atoms with Crippen LogP contribution in [0.1, 0.15) is 87.0 Å². The highest BCUT2D eigenvalue weighted by atomic mass is 32.1. The Labute approximate surface area is 296 Å². The van der Waals surface area contributed by atoms with Gasteiger partial charge in [0.2, 0.25) is 5.91 Å². The van der Waals surface area contributed by atoms with Gasteiger partial charge in [-0.2, -0.15) is 0 Å². The maximum absolute atomic E-state index is 14.1. The Morgan fingerprint density at radius 1 is 0.980 bits per heavy atom. The molecule has 2 bridgehead atoms. The fourth-order valence-electron chi connectivity index (χ4n) is 8.48. The number of fused-ring (bicyclic) bond motifs is 3. The molecule has 0 saturated carbocycles. The molecular weight excluding hydrogens is 635 g/mol. The summed E-state index contributed by atoms with van der Waals surface area (Å²) in [5, 5.41) is 1.13. The molecule has 1 atom stereocenters. The van der Waals surface area contributed by atoms with Crippen molar-refractivity contribution in [1.82, 2.24) is 24.6 Å². The molecule has 3 aliphatic rings. The Balaban J connectivity index is 1.25. The van der Waals surface area contributed by atoms with Crippen LogP contribution in [0.25, 0.3) is 21.5 Å². The molecule has 3 aromatic rings. The number of thiophene rings is 1. The largest absolute Gasteiger partial charge is 0.381 e. The van der Waals surface area contributed by atoms with Gasteiger partial charge in [-0.25, -0.2) is 4.79 Å². The number of H-pyrrole nitrogens is 1. The number of methoxy groups -OCH3 is 2. The number of nitrogens with zero attached hydrogens (tertiary/aromatic N) is 4. The first-order valence-corrected chi connectivity index (χ1v) is 19.1. The summed E-state index contributed by atoms with van der Waals surface area (Å²) in [4.78, 5) is 41.9. The molecule has 1 aromatic carbocycles. The molecular formula is C39H57N5O4S. The SMILES string of the molecule is CCN(CCN(C)CC(OC)c1c(-c2cc(C)cc(C)c2)[nH]c2sc(C(C)(C)C(=O)N3C4CCC3CC4)cc12)C(=O)N1CCC(OC)CC1. The number of aryl methyl sites for hydroxylation is 2. The lowest BCUT2D eigenvalue weighted by Crippen LogP contribution is -2.49. The van der Waals surface area contributed by atoms with E-state index in [0.717, 1.165) is 90.1 Å². The van der Waals surface area contributed by atoms with Crippen LogP contribution in [0.15, 0.2) is 24.3 Å². The van der Waals surface area contributed by atoms with Crippen molar-refractivity contribution < 1.29 is 19.1 Å². The second kappa shape index (κ2) is 14.7. The van der Waals surface area contributed by atoms with Gasteiger partial charge in [0.15, 0.2) is 0 Å². The number of likely N-dealkylation sites (tertiary alicyclic amines) is 1. The number of carbonyl (C=O) groups is 2. The Kier molecular flexibility index (Phi) is 10.8. The molecule has 3 saturated heterocycles. The standard InChI is InChI=1S/C39H57N5O4S/c1-9-42(38(46)43-16-14-30(47-7)15-17-43)19-18-41(6)24-32(48-8)34-31-23-33(39(4,5)37(45)44-28-10-11-29(44)13-12-28)49-36(31)40-35(34)27-21-25(2)20-26(3)22-27/h20-23,28-30,32,40H,9-19,24H2,1-8H3. The van der Waals surface area contributed by atoms with Crippen LogP contribution in [0, 0.1) is 13.8 Å². The third kappa shape index (κ3) is 7.16. The van der Waals surface area contributed by atoms with Gasteiger partial charge in [-0.05, 0) is 104 Å². The van der Waals surface area contributed by atoms with E-state index in [2.05, 4.69) is 80.7 Å². The Morgan fingerprint density at radius 3 is 2.18 bits per heavy atom. The van der Waals surface area contributed by atoms with Crippen LogP contribution in [-0.4, -0.2) is 115 Å². The van der Waals surface area contributed by atoms with Crippen molar-refractivity contribution in [3.05, 3.63) is 45.8 Å². The lowest BCUT2D eigenvalue weighted by molar-refractivity contribution is -0.137. The molecule has 2 aromatic heterocycles. The summed E-state index contributed by atoms with van der Waals surface area (Å²) in [6.07, 6.45) is 6.36. The number of benzene rings is 1. The van der Waals surface area contributed by atoms with E-state index < -0.39 is 5.41 Å². The van der Waals surface area contributed by atoms with Crippen LogP contribution in [0.3, 0.4) is 0 Å². The van der Waals surface area contributed by atoms with Crippen LogP contribution in [0.5, 0.6) is 0 Å². The van der Waals surface area contributed by atoms with Gasteiger partial charge in [0, 0.05) is 81.4 Å². The summed E-state index contributed by atoms with van der Waals surface area (Å²) in [5.41, 5.74) is 5.17. The van der Waals surface area contributed by atoms with Gasteiger partial charge in [-0.15, -0.1) is 11.3 Å². The number of aromatic nitrogens is 1. The van der Waals surface area contributed by atoms with Crippen LogP contribution in [0.2, 0.25) is 0 Å². The number of likely N-dealkylation sites (N-methyl/N-ethyl adjacent to an activating group) is 2. The maximum atomic E-state index is 14.1. The van der Waals surface area contributed by atoms with Crippen LogP contribution in [-0.2, 0) is 19.7 Å². The number of piperidine rings is 1. The van der Waals surface area contributed by atoms with E-state index in [9.17, 15) is 9.59 Å². The van der Waals surface area contributed by atoms with Crippen molar-refractivity contribution in [2.45, 2.75) is 103 Å². The number of ether oxygens (including phenoxy) is 2. The number of carbonyl (C=O) groups excluding carboxylic acids is 2. The molecule has 5 heterocycles. The zero-order chi connectivity index (χ0) is 35.0. The summed E-state index contributed by atoms with van der Waals surface area (Å²) in [5.74, 6) is 0.263. The van der Waals surface area contributed by atoms with E-state index >= 15 is 0 Å². The molecule has 1 N–H and O–H groups in total. The Bertz CT molecular complexity index is 1600. The fraction of sp³-hybridized carbons (Fsp3) is 0.641. The minimum atomic E-state index is -0.610. The first-order valence-electron chi connectivity index (χ1n) is 18.3. The summed E-state index contributed by atoms with van der Waals surface area (Å²) < 4.78 is 11.8.